The van der Waals surface area contributed by atoms with E-state index in [0.717, 1.165) is 42.4 Å². The maximum absolute atomic E-state index is 6.46. The summed E-state index contributed by atoms with van der Waals surface area (Å²) in [6.45, 7) is 21.8. The van der Waals surface area contributed by atoms with Crippen LogP contribution in [0.4, 0.5) is 0 Å². The molecule has 0 radical (unpaired) electrons. The zero-order chi connectivity index (χ0) is 35.5. The van der Waals surface area contributed by atoms with E-state index in [1.807, 2.05) is 42.5 Å². The van der Waals surface area contributed by atoms with Crippen molar-refractivity contribution in [3.8, 4) is 51.6 Å². The minimum Gasteiger partial charge on any atom is -0.493 e. The smallest absolute Gasteiger partial charge is 0.251 e. The molecule has 1 aliphatic carbocycles. The largest absolute Gasteiger partial charge is 0.493 e. The van der Waals surface area contributed by atoms with E-state index in [1.54, 1.807) is 0 Å². The second-order valence-electron chi connectivity index (χ2n) is 15.7. The number of rotatable bonds is 12. The molecule has 1 saturated carbocycles. The minimum atomic E-state index is 0.0566. The molecule has 1 fully saturated rings. The number of benzene rings is 3. The van der Waals surface area contributed by atoms with Crippen molar-refractivity contribution in [3.63, 3.8) is 0 Å². The van der Waals surface area contributed by atoms with Gasteiger partial charge in [0.2, 0.25) is 17.7 Å². The first kappa shape index (κ1) is 35.1. The average Bonchev–Trinajstić information content (AvgIpc) is 3.88. The summed E-state index contributed by atoms with van der Waals surface area (Å²) in [6.07, 6.45) is 9.74. The Morgan fingerprint density at radius 3 is 1.72 bits per heavy atom. The SMILES string of the molecule is C=CC1CC(C=C)C(CCCCOc2cc(-c3nnc(-c4ccc(C(C)(C)C)cc4)o3)ccc2-c2nnc(-c3ccc(C(C)(C)C)cc3)o2)C1. The zero-order valence-electron chi connectivity index (χ0n) is 30.4. The molecule has 0 amide bonds. The molecule has 0 saturated heterocycles. The van der Waals surface area contributed by atoms with Gasteiger partial charge in [0.25, 0.3) is 5.89 Å². The molecule has 7 nitrogen and oxygen atoms in total. The summed E-state index contributed by atoms with van der Waals surface area (Å²) in [5.74, 6) is 4.17. The molecule has 5 aromatic rings. The van der Waals surface area contributed by atoms with Crippen molar-refractivity contribution < 1.29 is 13.6 Å². The number of nitrogens with zero attached hydrogens (tertiary/aromatic N) is 4. The first-order valence-corrected chi connectivity index (χ1v) is 17.8. The highest BCUT2D eigenvalue weighted by atomic mass is 16.5. The number of aromatic nitrogens is 4. The van der Waals surface area contributed by atoms with E-state index in [4.69, 9.17) is 13.6 Å². The molecule has 2 aromatic heterocycles. The van der Waals surface area contributed by atoms with Gasteiger partial charge in [-0.05, 0) is 114 Å². The van der Waals surface area contributed by atoms with Crippen molar-refractivity contribution in [2.24, 2.45) is 17.8 Å². The summed E-state index contributed by atoms with van der Waals surface area (Å²) >= 11 is 0. The summed E-state index contributed by atoms with van der Waals surface area (Å²) in [5, 5.41) is 17.6. The van der Waals surface area contributed by atoms with Crippen LogP contribution in [-0.4, -0.2) is 27.0 Å². The van der Waals surface area contributed by atoms with Crippen molar-refractivity contribution in [2.75, 3.05) is 6.61 Å². The van der Waals surface area contributed by atoms with Crippen LogP contribution in [0.1, 0.15) is 84.8 Å². The van der Waals surface area contributed by atoms with Gasteiger partial charge in [0.1, 0.15) is 5.75 Å². The zero-order valence-corrected chi connectivity index (χ0v) is 30.4. The van der Waals surface area contributed by atoms with Crippen molar-refractivity contribution >= 4 is 0 Å². The predicted molar refractivity (Wildman–Crippen MR) is 201 cm³/mol. The number of hydrogen-bond donors (Lipinski definition) is 0. The molecule has 3 aromatic carbocycles. The van der Waals surface area contributed by atoms with E-state index in [0.29, 0.717) is 59.2 Å². The lowest BCUT2D eigenvalue weighted by molar-refractivity contribution is 0.295. The molecule has 0 aliphatic heterocycles. The van der Waals surface area contributed by atoms with Crippen LogP contribution in [0, 0.1) is 17.8 Å². The molecule has 3 unspecified atom stereocenters. The molecule has 3 atom stereocenters. The van der Waals surface area contributed by atoms with Crippen LogP contribution >= 0.6 is 0 Å². The first-order valence-electron chi connectivity index (χ1n) is 17.8. The molecule has 6 rings (SSSR count). The highest BCUT2D eigenvalue weighted by molar-refractivity contribution is 5.70. The van der Waals surface area contributed by atoms with Gasteiger partial charge in [0.15, 0.2) is 0 Å². The van der Waals surface area contributed by atoms with Gasteiger partial charge in [-0.3, -0.25) is 0 Å². The Labute approximate surface area is 296 Å². The van der Waals surface area contributed by atoms with E-state index in [1.165, 1.54) is 17.5 Å². The first-order chi connectivity index (χ1) is 23.9. The molecule has 2 heterocycles. The Hall–Kier alpha value is -4.78. The Kier molecular flexibility index (Phi) is 10.2. The molecule has 7 heteroatoms. The van der Waals surface area contributed by atoms with Crippen molar-refractivity contribution in [1.29, 1.82) is 0 Å². The van der Waals surface area contributed by atoms with Gasteiger partial charge < -0.3 is 13.6 Å². The summed E-state index contributed by atoms with van der Waals surface area (Å²) < 4.78 is 18.9. The number of hydrogen-bond acceptors (Lipinski definition) is 7. The Balaban J connectivity index is 1.22. The molecule has 0 N–H and O–H groups in total. The fourth-order valence-corrected chi connectivity index (χ4v) is 6.79. The van der Waals surface area contributed by atoms with Gasteiger partial charge >= 0.3 is 0 Å². The third kappa shape index (κ3) is 7.99. The Morgan fingerprint density at radius 1 is 0.660 bits per heavy atom. The second kappa shape index (κ2) is 14.6. The third-order valence-corrected chi connectivity index (χ3v) is 9.95. The fraction of sp³-hybridized carbons (Fsp3) is 0.395. The van der Waals surface area contributed by atoms with Crippen LogP contribution in [0.2, 0.25) is 0 Å². The molecular weight excluding hydrogens is 620 g/mol. The fourth-order valence-electron chi connectivity index (χ4n) is 6.79. The van der Waals surface area contributed by atoms with Crippen LogP contribution in [0.15, 0.2) is 101 Å². The topological polar surface area (TPSA) is 87.1 Å². The normalized spacial score (nSPS) is 17.9. The van der Waals surface area contributed by atoms with Crippen LogP contribution in [0.3, 0.4) is 0 Å². The molecule has 1 aliphatic rings. The average molecular weight is 671 g/mol. The van der Waals surface area contributed by atoms with Crippen LogP contribution < -0.4 is 4.74 Å². The lowest BCUT2D eigenvalue weighted by Crippen LogP contribution is -2.10. The van der Waals surface area contributed by atoms with Gasteiger partial charge in [-0.15, -0.1) is 33.6 Å². The monoisotopic (exact) mass is 670 g/mol. The van der Waals surface area contributed by atoms with Crippen LogP contribution in [0.5, 0.6) is 5.75 Å². The molecule has 50 heavy (non-hydrogen) atoms. The maximum atomic E-state index is 6.46. The van der Waals surface area contributed by atoms with E-state index in [-0.39, 0.29) is 10.8 Å². The summed E-state index contributed by atoms with van der Waals surface area (Å²) in [5.41, 5.74) is 5.81. The second-order valence-corrected chi connectivity index (χ2v) is 15.7. The Bertz CT molecular complexity index is 1910. The van der Waals surface area contributed by atoms with Crippen molar-refractivity contribution in [2.45, 2.75) is 84.5 Å². The van der Waals surface area contributed by atoms with Crippen LogP contribution in [-0.2, 0) is 10.8 Å². The lowest BCUT2D eigenvalue weighted by Gasteiger charge is -2.18. The van der Waals surface area contributed by atoms with Gasteiger partial charge in [0.05, 0.1) is 12.2 Å². The number of ether oxygens (including phenoxy) is 1. The Morgan fingerprint density at radius 2 is 1.18 bits per heavy atom. The van der Waals surface area contributed by atoms with E-state index in [9.17, 15) is 0 Å². The van der Waals surface area contributed by atoms with E-state index >= 15 is 0 Å². The van der Waals surface area contributed by atoms with Crippen molar-refractivity contribution in [3.05, 3.63) is 103 Å². The molecule has 0 spiro atoms. The quantitative estimate of drug-likeness (QED) is 0.0964. The number of unbranched alkanes of at least 4 members (excludes halogenated alkanes) is 1. The van der Waals surface area contributed by atoms with Gasteiger partial charge in [0, 0.05) is 16.7 Å². The van der Waals surface area contributed by atoms with Gasteiger partial charge in [-0.25, -0.2) is 0 Å². The minimum absolute atomic E-state index is 0.0566. The maximum Gasteiger partial charge on any atom is 0.251 e. The standard InChI is InChI=1S/C43H50N4O3/c1-9-28-25-29(10-2)32(26-28)13-11-12-24-48-37-27-33(40-46-44-38(49-40)30-14-19-34(20-15-30)42(3,4)5)18-23-36(37)41-47-45-39(50-41)31-16-21-35(22-17-31)43(6,7)8/h9-10,14-23,27-29,32H,1-2,11-13,24-26H2,3-8H3. The summed E-state index contributed by atoms with van der Waals surface area (Å²) in [6, 6.07) is 22.3. The van der Waals surface area contributed by atoms with E-state index in [2.05, 4.69) is 112 Å². The van der Waals surface area contributed by atoms with Gasteiger partial charge in [-0.2, -0.15) is 0 Å². The summed E-state index contributed by atoms with van der Waals surface area (Å²) in [4.78, 5) is 0. The molecule has 0 bridgehead atoms. The third-order valence-electron chi connectivity index (χ3n) is 9.95. The summed E-state index contributed by atoms with van der Waals surface area (Å²) in [7, 11) is 0. The van der Waals surface area contributed by atoms with Gasteiger partial charge in [-0.1, -0.05) is 78.0 Å². The van der Waals surface area contributed by atoms with Crippen LogP contribution in [0.25, 0.3) is 45.8 Å². The van der Waals surface area contributed by atoms with E-state index < -0.39 is 0 Å². The predicted octanol–water partition coefficient (Wildman–Crippen LogP) is 11.3. The van der Waals surface area contributed by atoms with Crippen molar-refractivity contribution in [1.82, 2.24) is 20.4 Å². The highest BCUT2D eigenvalue weighted by Crippen LogP contribution is 2.41. The molecule has 260 valence electrons. The lowest BCUT2D eigenvalue weighted by atomic mass is 9.87. The highest BCUT2D eigenvalue weighted by Gasteiger charge is 2.30. The molecular formula is C43H50N4O3. The number of allylic oxidation sites excluding steroid dienone is 2.